The van der Waals surface area contributed by atoms with Crippen LogP contribution in [0.2, 0.25) is 5.02 Å². The maximum absolute atomic E-state index is 11.8. The summed E-state index contributed by atoms with van der Waals surface area (Å²) >= 11 is 5.66. The van der Waals surface area contributed by atoms with Crippen LogP contribution in [0.4, 0.5) is 0 Å². The number of amidine groups is 1. The van der Waals surface area contributed by atoms with Crippen molar-refractivity contribution in [2.75, 3.05) is 0 Å². The molecule has 17 heavy (non-hydrogen) atoms. The number of amides is 1. The highest BCUT2D eigenvalue weighted by Crippen LogP contribution is 2.08. The fraction of sp³-hybridized carbons (Fsp3) is 0.300. The summed E-state index contributed by atoms with van der Waals surface area (Å²) in [6.07, 6.45) is 1.37. The fourth-order valence-corrected chi connectivity index (χ4v) is 1.16. The molecule has 0 aliphatic carbocycles. The molecule has 0 aliphatic heterocycles. The predicted molar refractivity (Wildman–Crippen MR) is 64.2 cm³/mol. The first-order valence-corrected chi connectivity index (χ1v) is 5.16. The minimum Gasteiger partial charge on any atom is -0.409 e. The third-order valence-electron chi connectivity index (χ3n) is 2.13. The quantitative estimate of drug-likeness (QED) is 0.325. The fourth-order valence-electron chi connectivity index (χ4n) is 1.05. The zero-order valence-corrected chi connectivity index (χ0v) is 10.2. The van der Waals surface area contributed by atoms with Crippen LogP contribution in [-0.4, -0.2) is 27.5 Å². The largest absolute Gasteiger partial charge is 0.409 e. The Kier molecular flexibility index (Phi) is 3.90. The summed E-state index contributed by atoms with van der Waals surface area (Å²) in [5.41, 5.74) is 4.68. The third-order valence-corrected chi connectivity index (χ3v) is 2.36. The Bertz CT molecular complexity index is 442. The van der Waals surface area contributed by atoms with Gasteiger partial charge in [-0.2, -0.15) is 0 Å². The van der Waals surface area contributed by atoms with Crippen molar-refractivity contribution in [2.45, 2.75) is 19.4 Å². The van der Waals surface area contributed by atoms with E-state index in [1.165, 1.54) is 12.3 Å². The zero-order chi connectivity index (χ0) is 13.1. The minimum absolute atomic E-state index is 0.0974. The zero-order valence-electron chi connectivity index (χ0n) is 9.44. The van der Waals surface area contributed by atoms with Gasteiger partial charge in [-0.3, -0.25) is 4.79 Å². The van der Waals surface area contributed by atoms with E-state index in [1.54, 1.807) is 19.9 Å². The number of hydrogen-bond donors (Lipinski definition) is 3. The molecule has 0 radical (unpaired) electrons. The summed E-state index contributed by atoms with van der Waals surface area (Å²) < 4.78 is 0. The summed E-state index contributed by atoms with van der Waals surface area (Å²) in [7, 11) is 0. The van der Waals surface area contributed by atoms with Crippen LogP contribution in [0.25, 0.3) is 0 Å². The van der Waals surface area contributed by atoms with Crippen molar-refractivity contribution in [3.63, 3.8) is 0 Å². The van der Waals surface area contributed by atoms with Gasteiger partial charge in [-0.15, -0.1) is 0 Å². The SMILES string of the molecule is CC(C)(NC(=O)c1ccc(Cl)cn1)C(N)=NO. The molecule has 0 saturated carbocycles. The van der Waals surface area contributed by atoms with Crippen molar-refractivity contribution in [2.24, 2.45) is 10.9 Å². The van der Waals surface area contributed by atoms with Crippen molar-refractivity contribution in [1.29, 1.82) is 0 Å². The number of aromatic nitrogens is 1. The topological polar surface area (TPSA) is 101 Å². The van der Waals surface area contributed by atoms with Crippen LogP contribution in [0.15, 0.2) is 23.5 Å². The van der Waals surface area contributed by atoms with Crippen LogP contribution < -0.4 is 11.1 Å². The molecule has 1 heterocycles. The monoisotopic (exact) mass is 256 g/mol. The second kappa shape index (κ2) is 5.01. The number of hydrogen-bond acceptors (Lipinski definition) is 4. The average Bonchev–Trinajstić information content (AvgIpc) is 2.28. The smallest absolute Gasteiger partial charge is 0.270 e. The van der Waals surface area contributed by atoms with E-state index in [0.717, 1.165) is 0 Å². The van der Waals surface area contributed by atoms with Crippen LogP contribution in [0.1, 0.15) is 24.3 Å². The minimum atomic E-state index is -0.965. The Morgan fingerprint density at radius 3 is 2.71 bits per heavy atom. The Hall–Kier alpha value is -1.82. The van der Waals surface area contributed by atoms with Gasteiger partial charge < -0.3 is 16.3 Å². The van der Waals surface area contributed by atoms with E-state index in [2.05, 4.69) is 15.5 Å². The molecule has 7 heteroatoms. The van der Waals surface area contributed by atoms with E-state index in [9.17, 15) is 4.79 Å². The van der Waals surface area contributed by atoms with E-state index >= 15 is 0 Å². The number of carbonyl (C=O) groups is 1. The molecule has 0 aromatic carbocycles. The van der Waals surface area contributed by atoms with Crippen molar-refractivity contribution < 1.29 is 10.0 Å². The highest BCUT2D eigenvalue weighted by molar-refractivity contribution is 6.30. The number of pyridine rings is 1. The second-order valence-corrected chi connectivity index (χ2v) is 4.36. The molecule has 0 spiro atoms. The second-order valence-electron chi connectivity index (χ2n) is 3.93. The number of nitrogens with two attached hydrogens (primary N) is 1. The van der Waals surface area contributed by atoms with Gasteiger partial charge in [0.25, 0.3) is 5.91 Å². The highest BCUT2D eigenvalue weighted by atomic mass is 35.5. The van der Waals surface area contributed by atoms with Gasteiger partial charge in [-0.25, -0.2) is 4.98 Å². The van der Waals surface area contributed by atoms with Gasteiger partial charge in [0.1, 0.15) is 5.69 Å². The maximum atomic E-state index is 11.8. The van der Waals surface area contributed by atoms with Gasteiger partial charge in [-0.05, 0) is 26.0 Å². The van der Waals surface area contributed by atoms with Crippen LogP contribution in [0.3, 0.4) is 0 Å². The molecule has 4 N–H and O–H groups in total. The van der Waals surface area contributed by atoms with Gasteiger partial charge in [0.2, 0.25) is 0 Å². The number of nitrogens with one attached hydrogen (secondary N) is 1. The lowest BCUT2D eigenvalue weighted by molar-refractivity contribution is 0.0926. The molecular formula is C10H13ClN4O2. The van der Waals surface area contributed by atoms with Crippen molar-refractivity contribution in [3.8, 4) is 0 Å². The molecule has 0 unspecified atom stereocenters. The van der Waals surface area contributed by atoms with E-state index < -0.39 is 11.4 Å². The lowest BCUT2D eigenvalue weighted by Crippen LogP contribution is -2.53. The van der Waals surface area contributed by atoms with Gasteiger partial charge in [-0.1, -0.05) is 16.8 Å². The normalized spacial score (nSPS) is 12.3. The summed E-state index contributed by atoms with van der Waals surface area (Å²) in [6, 6.07) is 3.04. The Morgan fingerprint density at radius 2 is 2.24 bits per heavy atom. The average molecular weight is 257 g/mol. The number of carbonyl (C=O) groups excluding carboxylic acids is 1. The molecule has 6 nitrogen and oxygen atoms in total. The standard InChI is InChI=1S/C10H13ClN4O2/c1-10(2,9(12)15-17)14-8(16)7-4-3-6(11)5-13-7/h3-5,17H,1-2H3,(H2,12,15)(H,14,16). The van der Waals surface area contributed by atoms with Crippen LogP contribution >= 0.6 is 11.6 Å². The first kappa shape index (κ1) is 13.2. The van der Waals surface area contributed by atoms with Gasteiger partial charge >= 0.3 is 0 Å². The highest BCUT2D eigenvalue weighted by Gasteiger charge is 2.26. The lowest BCUT2D eigenvalue weighted by atomic mass is 10.0. The first-order chi connectivity index (χ1) is 7.86. The van der Waals surface area contributed by atoms with Crippen LogP contribution in [-0.2, 0) is 0 Å². The number of rotatable bonds is 3. The van der Waals surface area contributed by atoms with Crippen LogP contribution in [0.5, 0.6) is 0 Å². The molecule has 1 aromatic rings. The molecular weight excluding hydrogens is 244 g/mol. The first-order valence-electron chi connectivity index (χ1n) is 4.79. The summed E-state index contributed by atoms with van der Waals surface area (Å²) in [5, 5.41) is 14.5. The molecule has 1 amide bonds. The third kappa shape index (κ3) is 3.32. The molecule has 1 aromatic heterocycles. The summed E-state index contributed by atoms with van der Waals surface area (Å²) in [4.78, 5) is 15.6. The summed E-state index contributed by atoms with van der Waals surface area (Å²) in [5.74, 6) is -0.530. The molecule has 1 rings (SSSR count). The van der Waals surface area contributed by atoms with Gasteiger partial charge in [0.05, 0.1) is 10.6 Å². The van der Waals surface area contributed by atoms with Gasteiger partial charge in [0.15, 0.2) is 5.84 Å². The van der Waals surface area contributed by atoms with Crippen LogP contribution in [0, 0.1) is 0 Å². The van der Waals surface area contributed by atoms with E-state index in [1.807, 2.05) is 0 Å². The van der Waals surface area contributed by atoms with Crippen molar-refractivity contribution in [1.82, 2.24) is 10.3 Å². The molecule has 0 bridgehead atoms. The van der Waals surface area contributed by atoms with Gasteiger partial charge in [0, 0.05) is 6.20 Å². The summed E-state index contributed by atoms with van der Waals surface area (Å²) in [6.45, 7) is 3.21. The maximum Gasteiger partial charge on any atom is 0.270 e. The number of halogens is 1. The number of nitrogens with zero attached hydrogens (tertiary/aromatic N) is 2. The molecule has 0 atom stereocenters. The van der Waals surface area contributed by atoms with E-state index in [0.29, 0.717) is 5.02 Å². The predicted octanol–water partition coefficient (Wildman–Crippen LogP) is 0.990. The Labute approximate surface area is 103 Å². The molecule has 0 saturated heterocycles. The lowest BCUT2D eigenvalue weighted by Gasteiger charge is -2.24. The van der Waals surface area contributed by atoms with Crippen molar-refractivity contribution in [3.05, 3.63) is 29.0 Å². The molecule has 92 valence electrons. The van der Waals surface area contributed by atoms with E-state index in [-0.39, 0.29) is 11.5 Å². The Morgan fingerprint density at radius 1 is 1.59 bits per heavy atom. The van der Waals surface area contributed by atoms with Crippen molar-refractivity contribution >= 4 is 23.3 Å². The Balaban J connectivity index is 2.83. The van der Waals surface area contributed by atoms with E-state index in [4.69, 9.17) is 22.5 Å². The molecule has 0 aliphatic rings. The molecule has 0 fully saturated rings. The number of oxime groups is 1.